The normalized spacial score (nSPS) is 11.3. The largest absolute Gasteiger partial charge is 0.478 e. The van der Waals surface area contributed by atoms with Crippen molar-refractivity contribution < 1.29 is 9.90 Å². The summed E-state index contributed by atoms with van der Waals surface area (Å²) in [5.41, 5.74) is 0.337. The van der Waals surface area contributed by atoms with Gasteiger partial charge in [-0.1, -0.05) is 49.7 Å². The van der Waals surface area contributed by atoms with Crippen molar-refractivity contribution in [2.24, 2.45) is 0 Å². The third-order valence-electron chi connectivity index (χ3n) is 4.80. The molecule has 0 fully saturated rings. The monoisotopic (exact) mass is 363 g/mol. The summed E-state index contributed by atoms with van der Waals surface area (Å²) in [6.07, 6.45) is 3.36. The first kappa shape index (κ1) is 18.4. The molecule has 0 unspecified atom stereocenters. The van der Waals surface area contributed by atoms with Crippen molar-refractivity contribution in [3.05, 3.63) is 90.5 Å². The molecule has 0 radical (unpaired) electrons. The molecule has 3 rings (SSSR count). The number of carboxylic acid groups (broad SMARTS) is 1. The van der Waals surface area contributed by atoms with Gasteiger partial charge in [0.25, 0.3) is 0 Å². The molecule has 132 valence electrons. The van der Waals surface area contributed by atoms with Crippen LogP contribution in [0, 0.1) is 0 Å². The van der Waals surface area contributed by atoms with Crippen molar-refractivity contribution in [1.29, 1.82) is 0 Å². The minimum Gasteiger partial charge on any atom is -0.478 e. The third kappa shape index (κ3) is 3.57. The van der Waals surface area contributed by atoms with Crippen molar-refractivity contribution in [2.45, 2.75) is 19.8 Å². The average molecular weight is 363 g/mol. The topological polar surface area (TPSA) is 37.3 Å². The van der Waals surface area contributed by atoms with E-state index >= 15 is 0 Å². The lowest BCUT2D eigenvalue weighted by Crippen LogP contribution is -2.33. The molecule has 0 aromatic heterocycles. The Hall–Kier alpha value is -2.44. The van der Waals surface area contributed by atoms with Crippen molar-refractivity contribution in [3.63, 3.8) is 0 Å². The highest BCUT2D eigenvalue weighted by Gasteiger charge is 2.44. The first-order chi connectivity index (χ1) is 12.7. The summed E-state index contributed by atoms with van der Waals surface area (Å²) >= 11 is 0. The van der Waals surface area contributed by atoms with Gasteiger partial charge < -0.3 is 5.11 Å². The first-order valence-electron chi connectivity index (χ1n) is 9.01. The first-order valence-corrected chi connectivity index (χ1v) is 11.0. The van der Waals surface area contributed by atoms with E-state index in [1.165, 1.54) is 15.9 Å². The Balaban J connectivity index is 2.24. The van der Waals surface area contributed by atoms with Gasteiger partial charge in [0.05, 0.1) is 11.7 Å². The maximum atomic E-state index is 11.3. The van der Waals surface area contributed by atoms with Gasteiger partial charge in [0.1, 0.15) is 23.2 Å². The fourth-order valence-electron chi connectivity index (χ4n) is 3.45. The third-order valence-corrected chi connectivity index (χ3v) is 9.32. The molecule has 3 aromatic carbocycles. The lowest BCUT2D eigenvalue weighted by Gasteiger charge is -2.27. The molecule has 0 saturated carbocycles. The molecule has 2 nitrogen and oxygen atoms in total. The second-order valence-corrected chi connectivity index (χ2v) is 10.0. The Morgan fingerprint density at radius 3 is 1.65 bits per heavy atom. The molecule has 0 aliphatic carbocycles. The van der Waals surface area contributed by atoms with Crippen LogP contribution in [0.3, 0.4) is 0 Å². The van der Waals surface area contributed by atoms with E-state index in [0.29, 0.717) is 5.56 Å². The summed E-state index contributed by atoms with van der Waals surface area (Å²) < 4.78 is 0. The maximum Gasteiger partial charge on any atom is 0.335 e. The number of benzene rings is 3. The minimum absolute atomic E-state index is 0.337. The summed E-state index contributed by atoms with van der Waals surface area (Å²) in [6, 6.07) is 28.9. The SMILES string of the molecule is CCCC[P+](c1ccccc1)(c1ccccc1)c1ccc(C(=O)O)cc1. The number of carbonyl (C=O) groups is 1. The predicted molar refractivity (Wildman–Crippen MR) is 112 cm³/mol. The summed E-state index contributed by atoms with van der Waals surface area (Å²) in [4.78, 5) is 11.3. The zero-order chi connectivity index (χ0) is 18.4. The highest BCUT2D eigenvalue weighted by Crippen LogP contribution is 2.55. The standard InChI is InChI=1S/C23H23O2P/c1-2-3-18-26(20-10-6-4-7-11-20,21-12-8-5-9-13-21)22-16-14-19(15-17-22)23(24)25/h4-17H,2-3,18H2,1H3/p+1. The maximum absolute atomic E-state index is 11.3. The van der Waals surface area contributed by atoms with Crippen LogP contribution in [0.4, 0.5) is 0 Å². The molecule has 0 saturated heterocycles. The van der Waals surface area contributed by atoms with E-state index in [4.69, 9.17) is 0 Å². The van der Waals surface area contributed by atoms with Crippen LogP contribution >= 0.6 is 7.26 Å². The average Bonchev–Trinajstić information content (AvgIpc) is 2.70. The van der Waals surface area contributed by atoms with E-state index < -0.39 is 13.2 Å². The Kier molecular flexibility index (Phi) is 5.85. The Morgan fingerprint density at radius 2 is 1.23 bits per heavy atom. The predicted octanol–water partition coefficient (Wildman–Crippen LogP) is 4.48. The molecule has 3 aromatic rings. The van der Waals surface area contributed by atoms with Gasteiger partial charge >= 0.3 is 5.97 Å². The molecule has 0 spiro atoms. The van der Waals surface area contributed by atoms with E-state index in [-0.39, 0.29) is 0 Å². The summed E-state index contributed by atoms with van der Waals surface area (Å²) in [5, 5.41) is 13.2. The second kappa shape index (κ2) is 8.29. The molecular weight excluding hydrogens is 339 g/mol. The quantitative estimate of drug-likeness (QED) is 0.629. The van der Waals surface area contributed by atoms with Gasteiger partial charge in [0.15, 0.2) is 0 Å². The molecule has 26 heavy (non-hydrogen) atoms. The smallest absolute Gasteiger partial charge is 0.335 e. The molecule has 3 heteroatoms. The van der Waals surface area contributed by atoms with Gasteiger partial charge in [0.2, 0.25) is 0 Å². The van der Waals surface area contributed by atoms with E-state index in [1.807, 2.05) is 12.1 Å². The van der Waals surface area contributed by atoms with Crippen molar-refractivity contribution in [2.75, 3.05) is 6.16 Å². The zero-order valence-electron chi connectivity index (χ0n) is 15.0. The molecule has 0 amide bonds. The second-order valence-electron chi connectivity index (χ2n) is 6.41. The van der Waals surface area contributed by atoms with Gasteiger partial charge in [0, 0.05) is 0 Å². The number of carboxylic acids is 1. The summed E-state index contributed by atoms with van der Waals surface area (Å²) in [5.74, 6) is -0.881. The number of hydrogen-bond donors (Lipinski definition) is 1. The summed E-state index contributed by atoms with van der Waals surface area (Å²) in [7, 11) is -1.81. The van der Waals surface area contributed by atoms with Gasteiger partial charge in [-0.05, 0) is 55.0 Å². The van der Waals surface area contributed by atoms with E-state index in [2.05, 4.69) is 67.6 Å². The van der Waals surface area contributed by atoms with Crippen molar-refractivity contribution in [3.8, 4) is 0 Å². The molecule has 0 bridgehead atoms. The summed E-state index contributed by atoms with van der Waals surface area (Å²) in [6.45, 7) is 2.22. The molecule has 0 aliphatic rings. The Labute approximate surface area is 155 Å². The number of hydrogen-bond acceptors (Lipinski definition) is 1. The van der Waals surface area contributed by atoms with E-state index in [0.717, 1.165) is 19.0 Å². The zero-order valence-corrected chi connectivity index (χ0v) is 15.9. The molecule has 0 atom stereocenters. The van der Waals surface area contributed by atoms with Gasteiger partial charge in [-0.3, -0.25) is 0 Å². The van der Waals surface area contributed by atoms with Crippen LogP contribution in [0.1, 0.15) is 30.1 Å². The van der Waals surface area contributed by atoms with Gasteiger partial charge in [-0.25, -0.2) is 4.79 Å². The van der Waals surface area contributed by atoms with Crippen molar-refractivity contribution in [1.82, 2.24) is 0 Å². The lowest BCUT2D eigenvalue weighted by atomic mass is 10.2. The highest BCUT2D eigenvalue weighted by molar-refractivity contribution is 7.95. The van der Waals surface area contributed by atoms with Crippen LogP contribution in [-0.4, -0.2) is 17.2 Å². The van der Waals surface area contributed by atoms with E-state index in [1.54, 1.807) is 12.1 Å². The fourth-order valence-corrected chi connectivity index (χ4v) is 7.93. The van der Waals surface area contributed by atoms with Crippen molar-refractivity contribution >= 4 is 29.1 Å². The fraction of sp³-hybridized carbons (Fsp3) is 0.174. The highest BCUT2D eigenvalue weighted by atomic mass is 31.2. The number of rotatable bonds is 7. The van der Waals surface area contributed by atoms with Gasteiger partial charge in [-0.15, -0.1) is 0 Å². The molecule has 1 N–H and O–H groups in total. The van der Waals surface area contributed by atoms with Crippen LogP contribution < -0.4 is 15.9 Å². The minimum atomic E-state index is -1.81. The molecular formula is C23H24O2P+. The van der Waals surface area contributed by atoms with E-state index in [9.17, 15) is 9.90 Å². The van der Waals surface area contributed by atoms with Crippen LogP contribution in [0.2, 0.25) is 0 Å². The Morgan fingerprint density at radius 1 is 0.769 bits per heavy atom. The lowest BCUT2D eigenvalue weighted by molar-refractivity contribution is 0.0697. The Bertz CT molecular complexity index is 803. The van der Waals surface area contributed by atoms with Crippen LogP contribution in [0.25, 0.3) is 0 Å². The molecule has 0 aliphatic heterocycles. The van der Waals surface area contributed by atoms with Crippen LogP contribution in [-0.2, 0) is 0 Å². The molecule has 0 heterocycles. The van der Waals surface area contributed by atoms with Gasteiger partial charge in [-0.2, -0.15) is 0 Å². The van der Waals surface area contributed by atoms with Crippen LogP contribution in [0.5, 0.6) is 0 Å². The number of aromatic carboxylic acids is 1. The number of unbranched alkanes of at least 4 members (excludes halogenated alkanes) is 1. The van der Waals surface area contributed by atoms with Crippen LogP contribution in [0.15, 0.2) is 84.9 Å².